The van der Waals surface area contributed by atoms with E-state index in [1.54, 1.807) is 13.0 Å². The average molecular weight is 322 g/mol. The molecule has 4 nitrogen and oxygen atoms in total. The van der Waals surface area contributed by atoms with Gasteiger partial charge >= 0.3 is 0 Å². The van der Waals surface area contributed by atoms with Gasteiger partial charge in [0, 0.05) is 44.2 Å². The van der Waals surface area contributed by atoms with Gasteiger partial charge in [0.25, 0.3) is 5.56 Å². The van der Waals surface area contributed by atoms with E-state index in [0.717, 1.165) is 42.9 Å². The number of carbonyl (C=O) groups is 1. The van der Waals surface area contributed by atoms with Crippen molar-refractivity contribution in [2.24, 2.45) is 5.92 Å². The fraction of sp³-hybridized carbons (Fsp3) is 0.400. The van der Waals surface area contributed by atoms with Crippen LogP contribution in [0.25, 0.3) is 11.1 Å². The largest absolute Gasteiger partial charge is 0.342 e. The molecule has 0 spiro atoms. The first-order valence-corrected chi connectivity index (χ1v) is 8.58. The number of aryl methyl sites for hydroxylation is 1. The molecule has 0 saturated carbocycles. The topological polar surface area (TPSA) is 42.3 Å². The highest BCUT2D eigenvalue weighted by Crippen LogP contribution is 2.36. The Hall–Kier alpha value is -2.36. The minimum Gasteiger partial charge on any atom is -0.342 e. The lowest BCUT2D eigenvalue weighted by Gasteiger charge is -2.42. The monoisotopic (exact) mass is 322 g/mol. The molecule has 1 fully saturated rings. The third kappa shape index (κ3) is 2.56. The Bertz CT molecular complexity index is 868. The lowest BCUT2D eigenvalue weighted by atomic mass is 9.82. The summed E-state index contributed by atoms with van der Waals surface area (Å²) in [7, 11) is 0. The van der Waals surface area contributed by atoms with Crippen LogP contribution in [0.2, 0.25) is 0 Å². The number of amides is 1. The predicted molar refractivity (Wildman–Crippen MR) is 94.0 cm³/mol. The number of hydrogen-bond donors (Lipinski definition) is 0. The zero-order chi connectivity index (χ0) is 16.8. The van der Waals surface area contributed by atoms with Crippen molar-refractivity contribution in [1.29, 1.82) is 0 Å². The fourth-order valence-electron chi connectivity index (χ4n) is 4.21. The van der Waals surface area contributed by atoms with E-state index in [-0.39, 0.29) is 17.4 Å². The Morgan fingerprint density at radius 1 is 1.08 bits per heavy atom. The second kappa shape index (κ2) is 5.62. The zero-order valence-electron chi connectivity index (χ0n) is 14.2. The van der Waals surface area contributed by atoms with Crippen molar-refractivity contribution in [1.82, 2.24) is 9.47 Å². The molecule has 0 aliphatic carbocycles. The molecular formula is C20H22N2O2. The van der Waals surface area contributed by atoms with Gasteiger partial charge in [-0.3, -0.25) is 9.59 Å². The Labute approximate surface area is 141 Å². The van der Waals surface area contributed by atoms with Gasteiger partial charge in [0.1, 0.15) is 0 Å². The molecule has 124 valence electrons. The molecule has 1 aromatic carbocycles. The highest BCUT2D eigenvalue weighted by Gasteiger charge is 2.35. The maximum absolute atomic E-state index is 12.7. The van der Waals surface area contributed by atoms with E-state index in [4.69, 9.17) is 0 Å². The van der Waals surface area contributed by atoms with Gasteiger partial charge in [0.2, 0.25) is 5.91 Å². The predicted octanol–water partition coefficient (Wildman–Crippen LogP) is 2.79. The molecule has 2 bridgehead atoms. The lowest BCUT2D eigenvalue weighted by molar-refractivity contribution is -0.131. The second-order valence-electron chi connectivity index (χ2n) is 7.21. The molecule has 2 aromatic rings. The Morgan fingerprint density at radius 3 is 2.67 bits per heavy atom. The van der Waals surface area contributed by atoms with Crippen LogP contribution < -0.4 is 5.56 Å². The molecule has 1 amide bonds. The summed E-state index contributed by atoms with van der Waals surface area (Å²) in [5, 5.41) is 0. The van der Waals surface area contributed by atoms with Gasteiger partial charge in [-0.25, -0.2) is 0 Å². The van der Waals surface area contributed by atoms with E-state index < -0.39 is 0 Å². The first kappa shape index (κ1) is 15.2. The van der Waals surface area contributed by atoms with Crippen LogP contribution in [0.4, 0.5) is 0 Å². The van der Waals surface area contributed by atoms with Crippen LogP contribution in [0, 0.1) is 12.8 Å². The van der Waals surface area contributed by atoms with Crippen molar-refractivity contribution in [3.8, 4) is 11.1 Å². The van der Waals surface area contributed by atoms with Crippen molar-refractivity contribution >= 4 is 5.91 Å². The maximum atomic E-state index is 12.7. The Balaban J connectivity index is 1.79. The summed E-state index contributed by atoms with van der Waals surface area (Å²) in [4.78, 5) is 26.4. The molecule has 24 heavy (non-hydrogen) atoms. The molecule has 0 N–H and O–H groups in total. The summed E-state index contributed by atoms with van der Waals surface area (Å²) >= 11 is 0. The number of fused-ring (bicyclic) bond motifs is 4. The van der Waals surface area contributed by atoms with Crippen LogP contribution in [0.5, 0.6) is 0 Å². The van der Waals surface area contributed by atoms with E-state index in [9.17, 15) is 9.59 Å². The Kier molecular flexibility index (Phi) is 3.56. The van der Waals surface area contributed by atoms with Crippen molar-refractivity contribution in [2.75, 3.05) is 13.1 Å². The normalized spacial score (nSPS) is 22.2. The van der Waals surface area contributed by atoms with Gasteiger partial charge in [-0.2, -0.15) is 0 Å². The summed E-state index contributed by atoms with van der Waals surface area (Å²) in [6, 6.07) is 12.2. The number of rotatable bonds is 1. The van der Waals surface area contributed by atoms with Gasteiger partial charge < -0.3 is 9.47 Å². The molecule has 2 aliphatic heterocycles. The third-order valence-corrected chi connectivity index (χ3v) is 5.35. The van der Waals surface area contributed by atoms with Crippen molar-refractivity contribution in [2.45, 2.75) is 32.7 Å². The standard InChI is InChI=1S/C20H22N2O2/c1-13-4-3-5-16(6-13)17-8-19-18-7-15(10-21(12-18)14(2)23)11-22(19)20(24)9-17/h3-6,8-9,15,18H,7,10-12H2,1-2H3/t15-,18+/m0/s1. The van der Waals surface area contributed by atoms with Gasteiger partial charge in [-0.05, 0) is 36.5 Å². The van der Waals surface area contributed by atoms with E-state index in [2.05, 4.69) is 25.1 Å². The smallest absolute Gasteiger partial charge is 0.251 e. The van der Waals surface area contributed by atoms with Crippen molar-refractivity contribution in [3.05, 3.63) is 58.0 Å². The number of likely N-dealkylation sites (tertiary alicyclic amines) is 1. The molecule has 0 unspecified atom stereocenters. The molecule has 4 heteroatoms. The summed E-state index contributed by atoms with van der Waals surface area (Å²) in [6.45, 7) is 5.92. The summed E-state index contributed by atoms with van der Waals surface area (Å²) < 4.78 is 1.93. The highest BCUT2D eigenvalue weighted by molar-refractivity contribution is 5.73. The fourth-order valence-corrected chi connectivity index (χ4v) is 4.21. The molecule has 2 atom stereocenters. The Morgan fingerprint density at radius 2 is 1.92 bits per heavy atom. The van der Waals surface area contributed by atoms with Gasteiger partial charge in [0.05, 0.1) is 0 Å². The minimum absolute atomic E-state index is 0.0787. The third-order valence-electron chi connectivity index (χ3n) is 5.35. The van der Waals surface area contributed by atoms with Crippen molar-refractivity contribution in [3.63, 3.8) is 0 Å². The summed E-state index contributed by atoms with van der Waals surface area (Å²) in [6.07, 6.45) is 1.07. The number of piperidine rings is 1. The first-order valence-electron chi connectivity index (χ1n) is 8.58. The number of pyridine rings is 1. The number of carbonyl (C=O) groups excluding carboxylic acids is 1. The SMILES string of the molecule is CC(=O)N1C[C@@H]2C[C@H](C1)c1cc(-c3cccc(C)c3)cc(=O)n1C2. The van der Waals surface area contributed by atoms with Crippen LogP contribution in [-0.2, 0) is 11.3 Å². The molecule has 1 aromatic heterocycles. The highest BCUT2D eigenvalue weighted by atomic mass is 16.2. The number of hydrogen-bond acceptors (Lipinski definition) is 2. The molecule has 2 aliphatic rings. The second-order valence-corrected chi connectivity index (χ2v) is 7.21. The van der Waals surface area contributed by atoms with Crippen LogP contribution in [-0.4, -0.2) is 28.5 Å². The van der Waals surface area contributed by atoms with Gasteiger partial charge in [0.15, 0.2) is 0 Å². The van der Waals surface area contributed by atoms with E-state index >= 15 is 0 Å². The first-order chi connectivity index (χ1) is 11.5. The van der Waals surface area contributed by atoms with Crippen LogP contribution >= 0.6 is 0 Å². The molecule has 3 heterocycles. The van der Waals surface area contributed by atoms with E-state index in [1.165, 1.54) is 5.56 Å². The van der Waals surface area contributed by atoms with Gasteiger partial charge in [-0.1, -0.05) is 29.8 Å². The van der Waals surface area contributed by atoms with Crippen LogP contribution in [0.15, 0.2) is 41.2 Å². The minimum atomic E-state index is 0.0787. The van der Waals surface area contributed by atoms with E-state index in [0.29, 0.717) is 5.92 Å². The average Bonchev–Trinajstić information content (AvgIpc) is 2.55. The molecule has 4 rings (SSSR count). The number of benzene rings is 1. The summed E-state index contributed by atoms with van der Waals surface area (Å²) in [5.74, 6) is 0.789. The maximum Gasteiger partial charge on any atom is 0.251 e. The number of aromatic nitrogens is 1. The van der Waals surface area contributed by atoms with Crippen LogP contribution in [0.1, 0.15) is 30.5 Å². The molecule has 1 saturated heterocycles. The van der Waals surface area contributed by atoms with Crippen molar-refractivity contribution < 1.29 is 4.79 Å². The molecular weight excluding hydrogens is 300 g/mol. The van der Waals surface area contributed by atoms with E-state index in [1.807, 2.05) is 21.6 Å². The summed E-state index contributed by atoms with van der Waals surface area (Å²) in [5.41, 5.74) is 4.41. The lowest BCUT2D eigenvalue weighted by Crippen LogP contribution is -2.48. The quantitative estimate of drug-likeness (QED) is 0.810. The van der Waals surface area contributed by atoms with Crippen LogP contribution in [0.3, 0.4) is 0 Å². The van der Waals surface area contributed by atoms with Gasteiger partial charge in [-0.15, -0.1) is 0 Å². The molecule has 0 radical (unpaired) electrons. The number of nitrogens with zero attached hydrogens (tertiary/aromatic N) is 2. The zero-order valence-corrected chi connectivity index (χ0v) is 14.2.